The van der Waals surface area contributed by atoms with Crippen molar-refractivity contribution in [1.29, 1.82) is 5.26 Å². The molecular weight excluding hydrogens is 230 g/mol. The van der Waals surface area contributed by atoms with E-state index in [0.29, 0.717) is 12.1 Å². The van der Waals surface area contributed by atoms with E-state index in [1.807, 2.05) is 26.8 Å². The van der Waals surface area contributed by atoms with Crippen molar-refractivity contribution in [2.45, 2.75) is 32.4 Å². The summed E-state index contributed by atoms with van der Waals surface area (Å²) in [5.41, 5.74) is 0.317. The Morgan fingerprint density at radius 1 is 1.56 bits per heavy atom. The summed E-state index contributed by atoms with van der Waals surface area (Å²) in [4.78, 5) is 3.95. The summed E-state index contributed by atoms with van der Waals surface area (Å²) in [6, 6.07) is 5.29. The Balaban J connectivity index is 2.43. The van der Waals surface area contributed by atoms with Gasteiger partial charge in [-0.25, -0.2) is 4.98 Å². The Morgan fingerprint density at radius 3 is 2.89 bits per heavy atom. The van der Waals surface area contributed by atoms with Crippen molar-refractivity contribution >= 4 is 0 Å². The average Bonchev–Trinajstić information content (AvgIpc) is 2.33. The molecule has 2 N–H and O–H groups in total. The summed E-state index contributed by atoms with van der Waals surface area (Å²) >= 11 is 0. The van der Waals surface area contributed by atoms with Gasteiger partial charge < -0.3 is 15.2 Å². The molecule has 0 saturated carbocycles. The van der Waals surface area contributed by atoms with Crippen molar-refractivity contribution in [3.8, 4) is 11.9 Å². The predicted molar refractivity (Wildman–Crippen MR) is 68.2 cm³/mol. The van der Waals surface area contributed by atoms with Crippen LogP contribution in [0.4, 0.5) is 0 Å². The highest BCUT2D eigenvalue weighted by Gasteiger charge is 2.13. The number of aromatic nitrogens is 1. The van der Waals surface area contributed by atoms with Crippen LogP contribution in [0.3, 0.4) is 0 Å². The molecule has 0 bridgehead atoms. The van der Waals surface area contributed by atoms with Crippen LogP contribution < -0.4 is 10.1 Å². The summed E-state index contributed by atoms with van der Waals surface area (Å²) in [5, 5.41) is 21.8. The van der Waals surface area contributed by atoms with Crippen molar-refractivity contribution < 1.29 is 9.84 Å². The van der Waals surface area contributed by atoms with Gasteiger partial charge in [0.25, 0.3) is 0 Å². The average molecular weight is 249 g/mol. The molecule has 0 radical (unpaired) electrons. The van der Waals surface area contributed by atoms with Gasteiger partial charge in [-0.15, -0.1) is 0 Å². The van der Waals surface area contributed by atoms with E-state index in [1.165, 1.54) is 0 Å². The third-order valence-corrected chi connectivity index (χ3v) is 2.17. The lowest BCUT2D eigenvalue weighted by atomic mass is 10.1. The summed E-state index contributed by atoms with van der Waals surface area (Å²) < 4.78 is 5.33. The lowest BCUT2D eigenvalue weighted by Gasteiger charge is -2.22. The zero-order valence-electron chi connectivity index (χ0n) is 11.0. The van der Waals surface area contributed by atoms with Crippen LogP contribution in [0, 0.1) is 11.3 Å². The largest absolute Gasteiger partial charge is 0.474 e. The summed E-state index contributed by atoms with van der Waals surface area (Å²) in [7, 11) is 0. The molecule has 0 aliphatic carbocycles. The number of nitrogens with one attached hydrogen (secondary N) is 1. The molecule has 0 fully saturated rings. The molecule has 1 aromatic heterocycles. The van der Waals surface area contributed by atoms with Crippen LogP contribution in [0.5, 0.6) is 5.88 Å². The minimum absolute atomic E-state index is 0.0518. The van der Waals surface area contributed by atoms with Crippen molar-refractivity contribution in [1.82, 2.24) is 10.3 Å². The third kappa shape index (κ3) is 5.13. The predicted octanol–water partition coefficient (Wildman–Crippen LogP) is 1.08. The highest BCUT2D eigenvalue weighted by molar-refractivity contribution is 5.36. The molecule has 1 unspecified atom stereocenters. The fourth-order valence-electron chi connectivity index (χ4n) is 1.25. The van der Waals surface area contributed by atoms with Crippen LogP contribution in [0.1, 0.15) is 26.3 Å². The quantitative estimate of drug-likeness (QED) is 0.816. The minimum atomic E-state index is -0.641. The van der Waals surface area contributed by atoms with Gasteiger partial charge >= 0.3 is 0 Å². The van der Waals surface area contributed by atoms with E-state index in [4.69, 9.17) is 10.00 Å². The molecule has 0 aromatic carbocycles. The van der Waals surface area contributed by atoms with E-state index in [9.17, 15) is 5.11 Å². The monoisotopic (exact) mass is 249 g/mol. The smallest absolute Gasteiger partial charge is 0.231 e. The highest BCUT2D eigenvalue weighted by Crippen LogP contribution is 2.12. The maximum Gasteiger partial charge on any atom is 0.231 e. The number of nitriles is 1. The molecule has 18 heavy (non-hydrogen) atoms. The van der Waals surface area contributed by atoms with Crippen LogP contribution in [0.2, 0.25) is 0 Å². The highest BCUT2D eigenvalue weighted by atomic mass is 16.5. The van der Waals surface area contributed by atoms with E-state index in [0.717, 1.165) is 0 Å². The Labute approximate surface area is 107 Å². The number of ether oxygens (including phenoxy) is 1. The maximum atomic E-state index is 9.74. The van der Waals surface area contributed by atoms with Gasteiger partial charge in [-0.05, 0) is 32.9 Å². The Hall–Kier alpha value is -1.64. The number of pyridine rings is 1. The van der Waals surface area contributed by atoms with Gasteiger partial charge in [0.05, 0.1) is 0 Å². The second-order valence-corrected chi connectivity index (χ2v) is 5.06. The molecule has 0 saturated heterocycles. The van der Waals surface area contributed by atoms with E-state index >= 15 is 0 Å². The van der Waals surface area contributed by atoms with E-state index in [-0.39, 0.29) is 18.0 Å². The fraction of sp³-hybridized carbons (Fsp3) is 0.538. The van der Waals surface area contributed by atoms with Crippen LogP contribution in [-0.2, 0) is 0 Å². The molecule has 0 aliphatic heterocycles. The van der Waals surface area contributed by atoms with Crippen molar-refractivity contribution in [3.05, 3.63) is 23.9 Å². The van der Waals surface area contributed by atoms with Gasteiger partial charge in [0, 0.05) is 18.3 Å². The second kappa shape index (κ2) is 6.34. The zero-order valence-corrected chi connectivity index (χ0v) is 11.0. The molecule has 5 heteroatoms. The number of nitrogens with zero attached hydrogens (tertiary/aromatic N) is 2. The Bertz CT molecular complexity index is 421. The van der Waals surface area contributed by atoms with E-state index in [2.05, 4.69) is 10.3 Å². The van der Waals surface area contributed by atoms with E-state index < -0.39 is 6.10 Å². The van der Waals surface area contributed by atoms with Crippen molar-refractivity contribution in [2.24, 2.45) is 0 Å². The summed E-state index contributed by atoms with van der Waals surface area (Å²) in [5.74, 6) is 0.259. The van der Waals surface area contributed by atoms with Crippen molar-refractivity contribution in [2.75, 3.05) is 13.2 Å². The first-order valence-electron chi connectivity index (χ1n) is 5.83. The van der Waals surface area contributed by atoms with Gasteiger partial charge in [-0.2, -0.15) is 5.26 Å². The number of hydrogen-bond acceptors (Lipinski definition) is 5. The normalized spacial score (nSPS) is 12.8. The number of β-amino-alcohol motifs (C(OH)–C–C–N with tert-alkyl or cyclic N) is 1. The van der Waals surface area contributed by atoms with E-state index in [1.54, 1.807) is 18.3 Å². The molecule has 0 amide bonds. The Kier molecular flexibility index (Phi) is 5.08. The summed E-state index contributed by atoms with van der Waals surface area (Å²) in [6.45, 7) is 6.60. The van der Waals surface area contributed by atoms with Crippen molar-refractivity contribution in [3.63, 3.8) is 0 Å². The number of aliphatic hydroxyl groups is 1. The first-order valence-corrected chi connectivity index (χ1v) is 5.83. The lowest BCUT2D eigenvalue weighted by Crippen LogP contribution is -2.42. The summed E-state index contributed by atoms with van der Waals surface area (Å²) in [6.07, 6.45) is 0.911. The number of rotatable bonds is 5. The molecule has 98 valence electrons. The van der Waals surface area contributed by atoms with Gasteiger partial charge in [0.15, 0.2) is 0 Å². The lowest BCUT2D eigenvalue weighted by molar-refractivity contribution is 0.0976. The molecular formula is C13H19N3O2. The molecule has 0 spiro atoms. The number of aliphatic hydroxyl groups excluding tert-OH is 1. The zero-order chi connectivity index (χ0) is 13.6. The molecule has 0 aliphatic rings. The molecule has 1 rings (SSSR count). The minimum Gasteiger partial charge on any atom is -0.474 e. The maximum absolute atomic E-state index is 9.74. The van der Waals surface area contributed by atoms with Crippen LogP contribution in [-0.4, -0.2) is 34.9 Å². The molecule has 5 nitrogen and oxygen atoms in total. The second-order valence-electron chi connectivity index (χ2n) is 5.06. The molecule has 1 aromatic rings. The van der Waals surface area contributed by atoms with Gasteiger partial charge in [-0.3, -0.25) is 0 Å². The fourth-order valence-corrected chi connectivity index (χ4v) is 1.25. The molecule has 1 atom stereocenters. The first-order chi connectivity index (χ1) is 8.42. The van der Waals surface area contributed by atoms with Gasteiger partial charge in [-0.1, -0.05) is 0 Å². The van der Waals surface area contributed by atoms with Crippen LogP contribution in [0.25, 0.3) is 0 Å². The van der Waals surface area contributed by atoms with Crippen LogP contribution in [0.15, 0.2) is 18.3 Å². The van der Waals surface area contributed by atoms with Gasteiger partial charge in [0.2, 0.25) is 5.88 Å². The van der Waals surface area contributed by atoms with Gasteiger partial charge in [0.1, 0.15) is 24.3 Å². The standard InChI is InChI=1S/C13H19N3O2/c1-13(2,3)16-8-11(17)9-18-12-10(7-14)5-4-6-15-12/h4-6,11,16-17H,8-9H2,1-3H3. The Morgan fingerprint density at radius 2 is 2.28 bits per heavy atom. The SMILES string of the molecule is CC(C)(C)NCC(O)COc1ncccc1C#N. The topological polar surface area (TPSA) is 78.2 Å². The molecule has 1 heterocycles. The first kappa shape index (κ1) is 14.4. The third-order valence-electron chi connectivity index (χ3n) is 2.17. The number of hydrogen-bond donors (Lipinski definition) is 2. The van der Waals surface area contributed by atoms with Crippen LogP contribution >= 0.6 is 0 Å².